The van der Waals surface area contributed by atoms with Gasteiger partial charge in [-0.3, -0.25) is 0 Å². The van der Waals surface area contributed by atoms with E-state index >= 15 is 0 Å². The number of nitrogens with one attached hydrogen (secondary N) is 1. The Kier molecular flexibility index (Phi) is 3.68. The zero-order valence-electron chi connectivity index (χ0n) is 9.07. The van der Waals surface area contributed by atoms with Crippen molar-refractivity contribution in [3.63, 3.8) is 0 Å². The fourth-order valence-electron chi connectivity index (χ4n) is 1.44. The van der Waals surface area contributed by atoms with E-state index in [2.05, 4.69) is 36.6 Å². The number of hydrogen-bond donors (Lipinski definition) is 1. The Balaban J connectivity index is 2.37. The van der Waals surface area contributed by atoms with Gasteiger partial charge in [-0.1, -0.05) is 0 Å². The summed E-state index contributed by atoms with van der Waals surface area (Å²) in [5.74, 6) is 0.802. The van der Waals surface area contributed by atoms with Crippen LogP contribution in [0.4, 0.5) is 0 Å². The summed E-state index contributed by atoms with van der Waals surface area (Å²) in [5.41, 5.74) is 1.07. The summed E-state index contributed by atoms with van der Waals surface area (Å²) in [6.45, 7) is 1.99. The molecule has 1 unspecified atom stereocenters. The molecule has 3 nitrogen and oxygen atoms in total. The zero-order valence-corrected chi connectivity index (χ0v) is 11.5. The maximum atomic E-state index is 4.36. The lowest BCUT2D eigenvalue weighted by atomic mass is 10.2. The lowest BCUT2D eigenvalue weighted by Crippen LogP contribution is -2.19. The highest BCUT2D eigenvalue weighted by Crippen LogP contribution is 2.31. The molecule has 0 saturated carbocycles. The van der Waals surface area contributed by atoms with Gasteiger partial charge in [-0.05, 0) is 46.9 Å². The number of thiophene rings is 1. The van der Waals surface area contributed by atoms with Gasteiger partial charge in [0.1, 0.15) is 11.9 Å². The maximum absolute atomic E-state index is 4.36. The molecule has 0 aliphatic carbocycles. The van der Waals surface area contributed by atoms with Crippen LogP contribution in [0.3, 0.4) is 0 Å². The quantitative estimate of drug-likeness (QED) is 0.947. The summed E-state index contributed by atoms with van der Waals surface area (Å²) < 4.78 is 1.10. The van der Waals surface area contributed by atoms with Crippen molar-refractivity contribution in [2.75, 3.05) is 7.05 Å². The summed E-state index contributed by atoms with van der Waals surface area (Å²) >= 11 is 5.23. The Bertz CT molecular complexity index is 466. The van der Waals surface area contributed by atoms with Crippen molar-refractivity contribution in [3.05, 3.63) is 44.6 Å². The molecule has 0 amide bonds. The third-order valence-electron chi connectivity index (χ3n) is 2.25. The van der Waals surface area contributed by atoms with E-state index in [1.54, 1.807) is 11.3 Å². The van der Waals surface area contributed by atoms with Gasteiger partial charge in [0.15, 0.2) is 0 Å². The van der Waals surface area contributed by atoms with Gasteiger partial charge in [-0.25, -0.2) is 9.97 Å². The van der Waals surface area contributed by atoms with Crippen LogP contribution in [0.5, 0.6) is 0 Å². The fourth-order valence-corrected chi connectivity index (χ4v) is 3.15. The van der Waals surface area contributed by atoms with Crippen LogP contribution in [0.2, 0.25) is 0 Å². The molecule has 0 aliphatic heterocycles. The number of aryl methyl sites for hydroxylation is 1. The predicted molar refractivity (Wildman–Crippen MR) is 69.7 cm³/mol. The summed E-state index contributed by atoms with van der Waals surface area (Å²) in [4.78, 5) is 9.92. The fraction of sp³-hybridized carbons (Fsp3) is 0.273. The molecular weight excluding hydrogens is 286 g/mol. The second-order valence-electron chi connectivity index (χ2n) is 3.47. The third kappa shape index (κ3) is 2.31. The normalized spacial score (nSPS) is 12.7. The van der Waals surface area contributed by atoms with Gasteiger partial charge in [-0.2, -0.15) is 0 Å². The Morgan fingerprint density at radius 3 is 2.56 bits per heavy atom. The molecule has 2 heterocycles. The van der Waals surface area contributed by atoms with Gasteiger partial charge in [0, 0.05) is 21.7 Å². The minimum absolute atomic E-state index is 0.0509. The van der Waals surface area contributed by atoms with Crippen molar-refractivity contribution >= 4 is 27.3 Å². The van der Waals surface area contributed by atoms with E-state index in [-0.39, 0.29) is 6.04 Å². The molecule has 5 heteroatoms. The van der Waals surface area contributed by atoms with Gasteiger partial charge in [0.2, 0.25) is 0 Å². The summed E-state index contributed by atoms with van der Waals surface area (Å²) in [5, 5.41) is 5.29. The van der Waals surface area contributed by atoms with Crippen molar-refractivity contribution < 1.29 is 0 Å². The zero-order chi connectivity index (χ0) is 11.5. The van der Waals surface area contributed by atoms with E-state index < -0.39 is 0 Å². The van der Waals surface area contributed by atoms with Crippen molar-refractivity contribution in [2.24, 2.45) is 0 Å². The van der Waals surface area contributed by atoms with Crippen LogP contribution < -0.4 is 5.32 Å². The first kappa shape index (κ1) is 11.7. The minimum atomic E-state index is 0.0509. The van der Waals surface area contributed by atoms with E-state index in [4.69, 9.17) is 0 Å². The molecule has 2 rings (SSSR count). The summed E-state index contributed by atoms with van der Waals surface area (Å²) in [7, 11) is 1.92. The molecular formula is C11H12BrN3S. The van der Waals surface area contributed by atoms with Crippen LogP contribution in [-0.2, 0) is 0 Å². The first-order valence-electron chi connectivity index (χ1n) is 4.91. The lowest BCUT2D eigenvalue weighted by molar-refractivity contribution is 0.653. The molecule has 16 heavy (non-hydrogen) atoms. The molecule has 2 aromatic rings. The average Bonchev–Trinajstić information content (AvgIpc) is 2.69. The number of halogens is 1. The second kappa shape index (κ2) is 5.03. The number of rotatable bonds is 3. The summed E-state index contributed by atoms with van der Waals surface area (Å²) in [6, 6.07) is 2.09. The van der Waals surface area contributed by atoms with Crippen LogP contribution >= 0.6 is 27.3 Å². The highest BCUT2D eigenvalue weighted by Gasteiger charge is 2.18. The Morgan fingerprint density at radius 2 is 2.06 bits per heavy atom. The third-order valence-corrected chi connectivity index (χ3v) is 4.19. The van der Waals surface area contributed by atoms with Crippen LogP contribution in [0.15, 0.2) is 28.3 Å². The predicted octanol–water partition coefficient (Wildman–Crippen LogP) is 2.92. The van der Waals surface area contributed by atoms with Gasteiger partial charge in [-0.15, -0.1) is 11.3 Å². The highest BCUT2D eigenvalue weighted by atomic mass is 79.9. The molecule has 1 N–H and O–H groups in total. The van der Waals surface area contributed by atoms with Gasteiger partial charge in [0.05, 0.1) is 0 Å². The largest absolute Gasteiger partial charge is 0.306 e. The van der Waals surface area contributed by atoms with Crippen LogP contribution in [0, 0.1) is 6.92 Å². The monoisotopic (exact) mass is 297 g/mol. The molecule has 0 radical (unpaired) electrons. The van der Waals surface area contributed by atoms with Crippen molar-refractivity contribution in [1.29, 1.82) is 0 Å². The molecule has 0 aliphatic rings. The highest BCUT2D eigenvalue weighted by molar-refractivity contribution is 9.10. The Labute approximate surface area is 107 Å². The van der Waals surface area contributed by atoms with Crippen LogP contribution in [0.1, 0.15) is 22.3 Å². The standard InChI is InChI=1S/C11H12BrN3S/c1-7-5-14-11(15-6-7)9(13-2)10-8(12)3-4-16-10/h3-6,9,13H,1-2H3. The molecule has 0 saturated heterocycles. The van der Waals surface area contributed by atoms with Crippen LogP contribution in [-0.4, -0.2) is 17.0 Å². The maximum Gasteiger partial charge on any atom is 0.150 e. The Hall–Kier alpha value is -0.780. The van der Waals surface area contributed by atoms with Gasteiger partial charge < -0.3 is 5.32 Å². The Morgan fingerprint density at radius 1 is 1.38 bits per heavy atom. The number of aromatic nitrogens is 2. The first-order valence-corrected chi connectivity index (χ1v) is 6.58. The van der Waals surface area contributed by atoms with Crippen molar-refractivity contribution in [2.45, 2.75) is 13.0 Å². The topological polar surface area (TPSA) is 37.8 Å². The molecule has 0 fully saturated rings. The molecule has 0 spiro atoms. The molecule has 0 bridgehead atoms. The van der Waals surface area contributed by atoms with Crippen molar-refractivity contribution in [3.8, 4) is 0 Å². The van der Waals surface area contributed by atoms with E-state index in [0.29, 0.717) is 0 Å². The SMILES string of the molecule is CNC(c1ncc(C)cn1)c1sccc1Br. The van der Waals surface area contributed by atoms with Crippen LogP contribution in [0.25, 0.3) is 0 Å². The smallest absolute Gasteiger partial charge is 0.150 e. The lowest BCUT2D eigenvalue weighted by Gasteiger charge is -2.13. The summed E-state index contributed by atoms with van der Waals surface area (Å²) in [6.07, 6.45) is 3.68. The van der Waals surface area contributed by atoms with Gasteiger partial charge in [0.25, 0.3) is 0 Å². The second-order valence-corrected chi connectivity index (χ2v) is 5.28. The molecule has 2 aromatic heterocycles. The number of nitrogens with zero attached hydrogens (tertiary/aromatic N) is 2. The van der Waals surface area contributed by atoms with E-state index in [1.165, 1.54) is 4.88 Å². The first-order chi connectivity index (χ1) is 7.72. The number of hydrogen-bond acceptors (Lipinski definition) is 4. The van der Waals surface area contributed by atoms with E-state index in [9.17, 15) is 0 Å². The molecule has 1 atom stereocenters. The molecule has 84 valence electrons. The van der Waals surface area contributed by atoms with E-state index in [1.807, 2.05) is 32.4 Å². The van der Waals surface area contributed by atoms with Gasteiger partial charge >= 0.3 is 0 Å². The van der Waals surface area contributed by atoms with E-state index in [0.717, 1.165) is 15.9 Å². The minimum Gasteiger partial charge on any atom is -0.306 e. The average molecular weight is 298 g/mol. The van der Waals surface area contributed by atoms with Crippen molar-refractivity contribution in [1.82, 2.24) is 15.3 Å². The molecule has 0 aromatic carbocycles.